The number of aromatic amines is 1. The molecule has 0 aliphatic heterocycles. The summed E-state index contributed by atoms with van der Waals surface area (Å²) in [5.74, 6) is -3.13. The van der Waals surface area contributed by atoms with E-state index in [4.69, 9.17) is 5.73 Å². The Labute approximate surface area is 80.7 Å². The monoisotopic (exact) mass is 201 g/mol. The van der Waals surface area contributed by atoms with Gasteiger partial charge in [0.1, 0.15) is 0 Å². The van der Waals surface area contributed by atoms with E-state index in [1.807, 2.05) is 0 Å². The van der Waals surface area contributed by atoms with Gasteiger partial charge >= 0.3 is 5.92 Å². The SMILES string of the molecule is CC(F)(F)c1nc2c([nH]1)CC(N)CC2. The fourth-order valence-corrected chi connectivity index (χ4v) is 1.72. The van der Waals surface area contributed by atoms with E-state index in [0.29, 0.717) is 12.8 Å². The molecule has 2 rings (SSSR count). The maximum absolute atomic E-state index is 12.9. The first-order valence-electron chi connectivity index (χ1n) is 4.68. The first-order valence-corrected chi connectivity index (χ1v) is 4.68. The molecule has 0 saturated heterocycles. The smallest absolute Gasteiger partial charge is 0.301 e. The van der Waals surface area contributed by atoms with Crippen LogP contribution < -0.4 is 5.73 Å². The van der Waals surface area contributed by atoms with Crippen molar-refractivity contribution in [3.8, 4) is 0 Å². The van der Waals surface area contributed by atoms with Crippen molar-refractivity contribution in [1.29, 1.82) is 0 Å². The zero-order valence-corrected chi connectivity index (χ0v) is 7.98. The van der Waals surface area contributed by atoms with Gasteiger partial charge in [0.25, 0.3) is 0 Å². The Morgan fingerprint density at radius 2 is 2.29 bits per heavy atom. The minimum absolute atomic E-state index is 0.0706. The molecule has 3 nitrogen and oxygen atoms in total. The zero-order valence-electron chi connectivity index (χ0n) is 7.98. The van der Waals surface area contributed by atoms with Gasteiger partial charge in [-0.05, 0) is 12.8 Å². The Balaban J connectivity index is 2.32. The molecule has 3 N–H and O–H groups in total. The number of fused-ring (bicyclic) bond motifs is 1. The number of hydrogen-bond donors (Lipinski definition) is 2. The first-order chi connectivity index (χ1) is 6.47. The molecular formula is C9H13F2N3. The van der Waals surface area contributed by atoms with Crippen LogP contribution in [-0.4, -0.2) is 16.0 Å². The van der Waals surface area contributed by atoms with E-state index in [2.05, 4.69) is 9.97 Å². The van der Waals surface area contributed by atoms with E-state index in [1.165, 1.54) is 0 Å². The predicted octanol–water partition coefficient (Wildman–Crippen LogP) is 1.34. The van der Waals surface area contributed by atoms with Crippen LogP contribution in [0.15, 0.2) is 0 Å². The fourth-order valence-electron chi connectivity index (χ4n) is 1.72. The third-order valence-electron chi connectivity index (χ3n) is 2.50. The van der Waals surface area contributed by atoms with Crippen molar-refractivity contribution in [3.05, 3.63) is 17.2 Å². The predicted molar refractivity (Wildman–Crippen MR) is 48.2 cm³/mol. The third kappa shape index (κ3) is 1.64. The average Bonchev–Trinajstić information content (AvgIpc) is 2.45. The molecule has 1 aliphatic rings. The van der Waals surface area contributed by atoms with Crippen LogP contribution in [0.5, 0.6) is 0 Å². The lowest BCUT2D eigenvalue weighted by atomic mass is 9.97. The second-order valence-corrected chi connectivity index (χ2v) is 3.90. The van der Waals surface area contributed by atoms with Gasteiger partial charge in [-0.25, -0.2) is 4.98 Å². The van der Waals surface area contributed by atoms with Crippen molar-refractivity contribution < 1.29 is 8.78 Å². The summed E-state index contributed by atoms with van der Waals surface area (Å²) in [6, 6.07) is 0.0706. The highest BCUT2D eigenvalue weighted by atomic mass is 19.3. The van der Waals surface area contributed by atoms with Crippen molar-refractivity contribution in [3.63, 3.8) is 0 Å². The molecule has 0 amide bonds. The average molecular weight is 201 g/mol. The van der Waals surface area contributed by atoms with Gasteiger partial charge in [-0.3, -0.25) is 0 Å². The standard InChI is InChI=1S/C9H13F2N3/c1-9(10,11)8-13-6-3-2-5(12)4-7(6)14-8/h5H,2-4,12H2,1H3,(H,13,14). The summed E-state index contributed by atoms with van der Waals surface area (Å²) in [7, 11) is 0. The lowest BCUT2D eigenvalue weighted by Gasteiger charge is -2.15. The molecule has 0 spiro atoms. The number of aryl methyl sites for hydroxylation is 1. The number of nitrogens with two attached hydrogens (primary N) is 1. The van der Waals surface area contributed by atoms with Crippen molar-refractivity contribution in [2.75, 3.05) is 0 Å². The number of nitrogens with zero attached hydrogens (tertiary/aromatic N) is 1. The summed E-state index contributed by atoms with van der Waals surface area (Å²) >= 11 is 0. The van der Waals surface area contributed by atoms with Gasteiger partial charge in [-0.2, -0.15) is 8.78 Å². The molecule has 78 valence electrons. The summed E-state index contributed by atoms with van der Waals surface area (Å²) < 4.78 is 25.8. The number of imidazole rings is 1. The van der Waals surface area contributed by atoms with E-state index in [-0.39, 0.29) is 11.9 Å². The molecule has 0 saturated carbocycles. The lowest BCUT2D eigenvalue weighted by Crippen LogP contribution is -2.27. The number of halogens is 2. The first kappa shape index (κ1) is 9.58. The van der Waals surface area contributed by atoms with Crippen molar-refractivity contribution >= 4 is 0 Å². The van der Waals surface area contributed by atoms with Crippen LogP contribution in [0, 0.1) is 0 Å². The molecule has 0 radical (unpaired) electrons. The highest BCUT2D eigenvalue weighted by Crippen LogP contribution is 2.27. The van der Waals surface area contributed by atoms with E-state index in [0.717, 1.165) is 24.7 Å². The molecule has 0 fully saturated rings. The van der Waals surface area contributed by atoms with Crippen LogP contribution in [0.25, 0.3) is 0 Å². The van der Waals surface area contributed by atoms with Gasteiger partial charge in [0, 0.05) is 25.1 Å². The number of nitrogens with one attached hydrogen (secondary N) is 1. The largest absolute Gasteiger partial charge is 0.341 e. The Morgan fingerprint density at radius 1 is 1.57 bits per heavy atom. The molecule has 0 aromatic carbocycles. The number of aromatic nitrogens is 2. The van der Waals surface area contributed by atoms with Gasteiger partial charge in [0.15, 0.2) is 5.82 Å². The molecule has 0 bridgehead atoms. The topological polar surface area (TPSA) is 54.7 Å². The summed E-state index contributed by atoms with van der Waals surface area (Å²) in [5, 5.41) is 0. The minimum atomic E-state index is -2.89. The van der Waals surface area contributed by atoms with Gasteiger partial charge in [-0.15, -0.1) is 0 Å². The number of hydrogen-bond acceptors (Lipinski definition) is 2. The van der Waals surface area contributed by atoms with Crippen LogP contribution in [0.2, 0.25) is 0 Å². The fraction of sp³-hybridized carbons (Fsp3) is 0.667. The van der Waals surface area contributed by atoms with E-state index < -0.39 is 5.92 Å². The highest BCUT2D eigenvalue weighted by Gasteiger charge is 2.31. The van der Waals surface area contributed by atoms with Crippen LogP contribution in [-0.2, 0) is 18.8 Å². The van der Waals surface area contributed by atoms with Crippen LogP contribution in [0.1, 0.15) is 30.6 Å². The second-order valence-electron chi connectivity index (χ2n) is 3.90. The maximum Gasteiger partial charge on any atom is 0.301 e. The van der Waals surface area contributed by atoms with Crippen LogP contribution >= 0.6 is 0 Å². The molecule has 1 atom stereocenters. The third-order valence-corrected chi connectivity index (χ3v) is 2.50. The molecule has 1 aromatic rings. The zero-order chi connectivity index (χ0) is 10.3. The van der Waals surface area contributed by atoms with Crippen molar-refractivity contribution in [2.45, 2.75) is 38.2 Å². The van der Waals surface area contributed by atoms with Crippen molar-refractivity contribution in [2.24, 2.45) is 5.73 Å². The lowest BCUT2D eigenvalue weighted by molar-refractivity contribution is 0.00840. The molecular weight excluding hydrogens is 188 g/mol. The summed E-state index contributed by atoms with van der Waals surface area (Å²) in [6.45, 7) is 0.844. The summed E-state index contributed by atoms with van der Waals surface area (Å²) in [4.78, 5) is 6.56. The van der Waals surface area contributed by atoms with Gasteiger partial charge in [0.2, 0.25) is 0 Å². The Hall–Kier alpha value is -0.970. The van der Waals surface area contributed by atoms with E-state index in [1.54, 1.807) is 0 Å². The van der Waals surface area contributed by atoms with Gasteiger partial charge in [-0.1, -0.05) is 0 Å². The second kappa shape index (κ2) is 3.02. The quantitative estimate of drug-likeness (QED) is 0.720. The van der Waals surface area contributed by atoms with Gasteiger partial charge < -0.3 is 10.7 Å². The molecule has 1 unspecified atom stereocenters. The van der Waals surface area contributed by atoms with Crippen LogP contribution in [0.4, 0.5) is 8.78 Å². The van der Waals surface area contributed by atoms with Gasteiger partial charge in [0.05, 0.1) is 5.69 Å². The molecule has 1 aliphatic carbocycles. The summed E-state index contributed by atoms with van der Waals surface area (Å²) in [6.07, 6.45) is 2.15. The van der Waals surface area contributed by atoms with E-state index >= 15 is 0 Å². The maximum atomic E-state index is 12.9. The Morgan fingerprint density at radius 3 is 2.93 bits per heavy atom. The highest BCUT2D eigenvalue weighted by molar-refractivity contribution is 5.20. The molecule has 14 heavy (non-hydrogen) atoms. The number of H-pyrrole nitrogens is 1. The molecule has 1 heterocycles. The normalized spacial score (nSPS) is 22.1. The number of rotatable bonds is 1. The summed E-state index contributed by atoms with van der Waals surface area (Å²) in [5.41, 5.74) is 7.26. The Bertz CT molecular complexity index is 340. The van der Waals surface area contributed by atoms with Crippen LogP contribution in [0.3, 0.4) is 0 Å². The molecule has 1 aromatic heterocycles. The molecule has 5 heteroatoms. The Kier molecular flexibility index (Phi) is 2.06. The van der Waals surface area contributed by atoms with Crippen molar-refractivity contribution in [1.82, 2.24) is 9.97 Å². The van der Waals surface area contributed by atoms with E-state index in [9.17, 15) is 8.78 Å². The minimum Gasteiger partial charge on any atom is -0.341 e. The number of alkyl halides is 2.